The van der Waals surface area contributed by atoms with Gasteiger partial charge in [-0.3, -0.25) is 14.2 Å². The molecular weight excluding hydrogens is 364 g/mol. The zero-order chi connectivity index (χ0) is 19.6. The fourth-order valence-electron chi connectivity index (χ4n) is 2.77. The molecule has 0 spiro atoms. The van der Waals surface area contributed by atoms with E-state index in [0.717, 1.165) is 23.3 Å². The number of nitrogens with zero attached hydrogens (tertiary/aromatic N) is 2. The van der Waals surface area contributed by atoms with E-state index in [0.29, 0.717) is 16.0 Å². The van der Waals surface area contributed by atoms with E-state index < -0.39 is 5.97 Å². The minimum atomic E-state index is -0.433. The van der Waals surface area contributed by atoms with E-state index in [1.165, 1.54) is 15.9 Å². The van der Waals surface area contributed by atoms with E-state index in [4.69, 9.17) is 9.47 Å². The van der Waals surface area contributed by atoms with Crippen LogP contribution >= 0.6 is 11.3 Å². The van der Waals surface area contributed by atoms with Crippen molar-refractivity contribution in [3.63, 3.8) is 0 Å². The van der Waals surface area contributed by atoms with Gasteiger partial charge in [0.1, 0.15) is 22.9 Å². The average Bonchev–Trinajstić information content (AvgIpc) is 3.08. The minimum absolute atomic E-state index is 0.143. The van der Waals surface area contributed by atoms with Crippen LogP contribution in [0.2, 0.25) is 0 Å². The zero-order valence-electron chi connectivity index (χ0n) is 15.8. The maximum atomic E-state index is 13.1. The molecule has 0 amide bonds. The first kappa shape index (κ1) is 19.1. The molecule has 1 unspecified atom stereocenters. The van der Waals surface area contributed by atoms with E-state index in [1.807, 2.05) is 43.5 Å². The monoisotopic (exact) mass is 386 g/mol. The molecule has 0 aliphatic carbocycles. The lowest BCUT2D eigenvalue weighted by molar-refractivity contribution is -0.149. The lowest BCUT2D eigenvalue weighted by atomic mass is 10.1. The Morgan fingerprint density at radius 2 is 2.00 bits per heavy atom. The summed E-state index contributed by atoms with van der Waals surface area (Å²) in [5, 5.41) is 2.44. The van der Waals surface area contributed by atoms with Crippen LogP contribution in [0.4, 0.5) is 0 Å². The van der Waals surface area contributed by atoms with Gasteiger partial charge in [0.25, 0.3) is 5.56 Å². The lowest BCUT2D eigenvalue weighted by Crippen LogP contribution is -2.29. The molecule has 1 aromatic carbocycles. The van der Waals surface area contributed by atoms with Crippen molar-refractivity contribution < 1.29 is 14.3 Å². The lowest BCUT2D eigenvalue weighted by Gasteiger charge is -2.13. The highest BCUT2D eigenvalue weighted by Gasteiger charge is 2.18. The van der Waals surface area contributed by atoms with Gasteiger partial charge in [0.05, 0.1) is 18.6 Å². The molecule has 142 valence electrons. The normalized spacial score (nSPS) is 12.1. The van der Waals surface area contributed by atoms with Gasteiger partial charge in [0, 0.05) is 10.9 Å². The van der Waals surface area contributed by atoms with Crippen molar-refractivity contribution in [3.8, 4) is 16.9 Å². The molecule has 0 fully saturated rings. The summed E-state index contributed by atoms with van der Waals surface area (Å²) < 4.78 is 11.9. The van der Waals surface area contributed by atoms with Gasteiger partial charge in [0.2, 0.25) is 0 Å². The Labute approximate surface area is 161 Å². The summed E-state index contributed by atoms with van der Waals surface area (Å²) in [5.41, 5.74) is 1.48. The topological polar surface area (TPSA) is 70.4 Å². The number of carbonyl (C=O) groups excluding carboxylic acids is 1. The van der Waals surface area contributed by atoms with Crippen LogP contribution < -0.4 is 10.3 Å². The van der Waals surface area contributed by atoms with Crippen molar-refractivity contribution >= 4 is 27.5 Å². The second kappa shape index (κ2) is 7.92. The van der Waals surface area contributed by atoms with Crippen LogP contribution in [0.1, 0.15) is 26.1 Å². The van der Waals surface area contributed by atoms with Crippen molar-refractivity contribution in [2.75, 3.05) is 7.11 Å². The summed E-state index contributed by atoms with van der Waals surface area (Å²) in [4.78, 5) is 30.5. The molecule has 0 radical (unpaired) electrons. The third-order valence-electron chi connectivity index (χ3n) is 4.48. The van der Waals surface area contributed by atoms with Gasteiger partial charge >= 0.3 is 5.97 Å². The highest BCUT2D eigenvalue weighted by molar-refractivity contribution is 7.17. The Hall–Kier alpha value is -2.67. The van der Waals surface area contributed by atoms with Gasteiger partial charge in [-0.2, -0.15) is 0 Å². The molecule has 0 saturated heterocycles. The number of fused-ring (bicyclic) bond motifs is 1. The number of methoxy groups -OCH3 is 1. The number of esters is 1. The van der Waals surface area contributed by atoms with Crippen molar-refractivity contribution in [1.29, 1.82) is 0 Å². The number of ether oxygens (including phenoxy) is 2. The molecule has 3 rings (SSSR count). The van der Waals surface area contributed by atoms with Crippen LogP contribution in [0.25, 0.3) is 21.3 Å². The number of carbonyl (C=O) groups is 1. The molecule has 3 aromatic rings. The molecular formula is C20H22N2O4S. The second-order valence-electron chi connectivity index (χ2n) is 6.32. The first-order valence-electron chi connectivity index (χ1n) is 8.77. The maximum absolute atomic E-state index is 13.1. The molecule has 7 heteroatoms. The SMILES string of the molecule is CCC(C)OC(=O)Cn1c(C)nc2scc(-c3ccc(OC)cc3)c2c1=O. The number of hydrogen-bond acceptors (Lipinski definition) is 6. The van der Waals surface area contributed by atoms with Gasteiger partial charge < -0.3 is 9.47 Å². The van der Waals surface area contributed by atoms with Crippen LogP contribution in [0, 0.1) is 6.92 Å². The number of thiophene rings is 1. The molecule has 27 heavy (non-hydrogen) atoms. The standard InChI is InChI=1S/C20H22N2O4S/c1-5-12(2)26-17(23)10-22-13(3)21-19-18(20(22)24)16(11-27-19)14-6-8-15(25-4)9-7-14/h6-9,11-12H,5,10H2,1-4H3. The Morgan fingerprint density at radius 3 is 2.63 bits per heavy atom. The van der Waals surface area contributed by atoms with Crippen LogP contribution in [0.15, 0.2) is 34.4 Å². The summed E-state index contributed by atoms with van der Waals surface area (Å²) >= 11 is 1.42. The van der Waals surface area contributed by atoms with Gasteiger partial charge in [-0.15, -0.1) is 11.3 Å². The summed E-state index contributed by atoms with van der Waals surface area (Å²) in [7, 11) is 1.61. The molecule has 0 bridgehead atoms. The molecule has 0 aliphatic heterocycles. The fourth-order valence-corrected chi connectivity index (χ4v) is 3.75. The van der Waals surface area contributed by atoms with Gasteiger partial charge in [-0.25, -0.2) is 4.98 Å². The summed E-state index contributed by atoms with van der Waals surface area (Å²) in [5.74, 6) is 0.811. The first-order chi connectivity index (χ1) is 12.9. The van der Waals surface area contributed by atoms with Crippen LogP contribution in [0.3, 0.4) is 0 Å². The molecule has 0 N–H and O–H groups in total. The van der Waals surface area contributed by atoms with Crippen molar-refractivity contribution in [3.05, 3.63) is 45.8 Å². The summed E-state index contributed by atoms with van der Waals surface area (Å²) in [6, 6.07) is 7.51. The molecule has 2 aromatic heterocycles. The maximum Gasteiger partial charge on any atom is 0.326 e. The van der Waals surface area contributed by atoms with Crippen molar-refractivity contribution in [1.82, 2.24) is 9.55 Å². The zero-order valence-corrected chi connectivity index (χ0v) is 16.6. The number of hydrogen-bond donors (Lipinski definition) is 0. The van der Waals surface area contributed by atoms with Crippen LogP contribution in [-0.4, -0.2) is 28.7 Å². The molecule has 6 nitrogen and oxygen atoms in total. The van der Waals surface area contributed by atoms with Crippen molar-refractivity contribution in [2.24, 2.45) is 0 Å². The van der Waals surface area contributed by atoms with Crippen LogP contribution in [-0.2, 0) is 16.1 Å². The highest BCUT2D eigenvalue weighted by Crippen LogP contribution is 2.31. The van der Waals surface area contributed by atoms with E-state index >= 15 is 0 Å². The number of benzene rings is 1. The fraction of sp³-hybridized carbons (Fsp3) is 0.350. The number of rotatable bonds is 6. The van der Waals surface area contributed by atoms with Crippen LogP contribution in [0.5, 0.6) is 5.75 Å². The van der Waals surface area contributed by atoms with E-state index in [2.05, 4.69) is 4.98 Å². The third-order valence-corrected chi connectivity index (χ3v) is 5.35. The molecule has 1 atom stereocenters. The van der Waals surface area contributed by atoms with E-state index in [9.17, 15) is 9.59 Å². The van der Waals surface area contributed by atoms with Gasteiger partial charge in [-0.05, 0) is 38.0 Å². The first-order valence-corrected chi connectivity index (χ1v) is 9.65. The summed E-state index contributed by atoms with van der Waals surface area (Å²) in [6.45, 7) is 5.35. The quantitative estimate of drug-likeness (QED) is 0.603. The molecule has 0 aliphatic rings. The largest absolute Gasteiger partial charge is 0.497 e. The van der Waals surface area contributed by atoms with E-state index in [-0.39, 0.29) is 18.2 Å². The Balaban J connectivity index is 2.04. The highest BCUT2D eigenvalue weighted by atomic mass is 32.1. The van der Waals surface area contributed by atoms with Crippen molar-refractivity contribution in [2.45, 2.75) is 39.8 Å². The molecule has 0 saturated carbocycles. The number of aryl methyl sites for hydroxylation is 1. The summed E-state index contributed by atoms with van der Waals surface area (Å²) in [6.07, 6.45) is 0.546. The Kier molecular flexibility index (Phi) is 5.60. The minimum Gasteiger partial charge on any atom is -0.497 e. The van der Waals surface area contributed by atoms with E-state index in [1.54, 1.807) is 14.0 Å². The second-order valence-corrected chi connectivity index (χ2v) is 7.18. The number of aromatic nitrogens is 2. The predicted molar refractivity (Wildman–Crippen MR) is 106 cm³/mol. The smallest absolute Gasteiger partial charge is 0.326 e. The van der Waals surface area contributed by atoms with Gasteiger partial charge in [0.15, 0.2) is 0 Å². The molecule has 2 heterocycles. The Morgan fingerprint density at radius 1 is 1.30 bits per heavy atom. The Bertz CT molecular complexity index is 1020. The predicted octanol–water partition coefficient (Wildman–Crippen LogP) is 3.78. The third kappa shape index (κ3) is 3.88. The van der Waals surface area contributed by atoms with Gasteiger partial charge in [-0.1, -0.05) is 19.1 Å². The average molecular weight is 386 g/mol.